The van der Waals surface area contributed by atoms with Gasteiger partial charge in [-0.1, -0.05) is 26.3 Å². The van der Waals surface area contributed by atoms with Gasteiger partial charge in [-0.2, -0.15) is 0 Å². The van der Waals surface area contributed by atoms with E-state index < -0.39 is 17.9 Å². The Morgan fingerprint density at radius 3 is 2.58 bits per heavy atom. The number of nitrogens with one attached hydrogen (secondary N) is 1. The number of aryl methyl sites for hydroxylation is 1. The molecule has 0 saturated heterocycles. The molecule has 1 aromatic heterocycles. The fourth-order valence-corrected chi connectivity index (χ4v) is 4.08. The molecule has 2 atom stereocenters. The zero-order chi connectivity index (χ0) is 25.8. The van der Waals surface area contributed by atoms with Crippen LogP contribution in [0.5, 0.6) is 17.2 Å². The number of hydrogen-bond donors (Lipinski definition) is 2. The van der Waals surface area contributed by atoms with Crippen LogP contribution in [0.4, 0.5) is 0 Å². The van der Waals surface area contributed by atoms with Crippen LogP contribution in [0, 0.1) is 12.8 Å². The van der Waals surface area contributed by atoms with Crippen molar-refractivity contribution in [2.75, 3.05) is 19.8 Å². The Hall–Kier alpha value is -4.01. The van der Waals surface area contributed by atoms with Crippen molar-refractivity contribution in [3.8, 4) is 28.4 Å². The Labute approximate surface area is 208 Å². The number of aliphatic carboxylic acids is 1. The monoisotopic (exact) mass is 495 g/mol. The fourth-order valence-electron chi connectivity index (χ4n) is 4.08. The Kier molecular flexibility index (Phi) is 7.47. The van der Waals surface area contributed by atoms with Crippen molar-refractivity contribution in [1.29, 1.82) is 0 Å². The van der Waals surface area contributed by atoms with E-state index in [1.54, 1.807) is 44.2 Å². The SMILES string of the molecule is CC[C@H](C)[C@H](NC(=O)COc1ccc2c(=O)c(-c3ccc4c(c3)OCCCO4)c(C)oc2c1)C(=O)O. The first-order valence-corrected chi connectivity index (χ1v) is 11.9. The Morgan fingerprint density at radius 2 is 1.86 bits per heavy atom. The molecular weight excluding hydrogens is 466 g/mol. The van der Waals surface area contributed by atoms with E-state index in [0.717, 1.165) is 6.42 Å². The largest absolute Gasteiger partial charge is 0.490 e. The summed E-state index contributed by atoms with van der Waals surface area (Å²) < 4.78 is 22.9. The normalized spacial score (nSPS) is 14.5. The highest BCUT2D eigenvalue weighted by Crippen LogP contribution is 2.35. The van der Waals surface area contributed by atoms with Gasteiger partial charge in [0.2, 0.25) is 5.43 Å². The molecule has 0 spiro atoms. The zero-order valence-electron chi connectivity index (χ0n) is 20.5. The highest BCUT2D eigenvalue weighted by atomic mass is 16.5. The third-order valence-corrected chi connectivity index (χ3v) is 6.24. The number of amides is 1. The molecule has 0 radical (unpaired) electrons. The van der Waals surface area contributed by atoms with E-state index in [1.807, 2.05) is 6.92 Å². The highest BCUT2D eigenvalue weighted by molar-refractivity contribution is 5.86. The molecule has 190 valence electrons. The minimum Gasteiger partial charge on any atom is -0.490 e. The summed E-state index contributed by atoms with van der Waals surface area (Å²) in [5, 5.41) is 12.2. The molecule has 1 aliphatic heterocycles. The maximum absolute atomic E-state index is 13.3. The van der Waals surface area contributed by atoms with Gasteiger partial charge in [-0.25, -0.2) is 4.79 Å². The third-order valence-electron chi connectivity index (χ3n) is 6.24. The van der Waals surface area contributed by atoms with Crippen LogP contribution in [0.2, 0.25) is 0 Å². The molecule has 1 aliphatic rings. The first kappa shape index (κ1) is 25.1. The quantitative estimate of drug-likeness (QED) is 0.482. The average Bonchev–Trinajstić information content (AvgIpc) is 3.10. The lowest BCUT2D eigenvalue weighted by atomic mass is 9.99. The van der Waals surface area contributed by atoms with E-state index >= 15 is 0 Å². The molecular formula is C27H29NO8. The van der Waals surface area contributed by atoms with Crippen molar-refractivity contribution in [2.24, 2.45) is 5.92 Å². The summed E-state index contributed by atoms with van der Waals surface area (Å²) in [6, 6.07) is 9.08. The van der Waals surface area contributed by atoms with Gasteiger partial charge in [0.25, 0.3) is 5.91 Å². The van der Waals surface area contributed by atoms with Crippen LogP contribution in [-0.2, 0) is 9.59 Å². The van der Waals surface area contributed by atoms with Gasteiger partial charge in [0, 0.05) is 12.5 Å². The fraction of sp³-hybridized carbons (Fsp3) is 0.370. The average molecular weight is 496 g/mol. The van der Waals surface area contributed by atoms with Gasteiger partial charge in [-0.15, -0.1) is 0 Å². The maximum atomic E-state index is 13.3. The summed E-state index contributed by atoms with van der Waals surface area (Å²) in [7, 11) is 0. The summed E-state index contributed by atoms with van der Waals surface area (Å²) in [5.41, 5.74) is 1.21. The van der Waals surface area contributed by atoms with Crippen molar-refractivity contribution in [3.05, 3.63) is 52.4 Å². The minimum atomic E-state index is -1.09. The predicted octanol–water partition coefficient (Wildman–Crippen LogP) is 3.92. The molecule has 3 aromatic rings. The molecule has 0 fully saturated rings. The molecule has 0 bridgehead atoms. The second-order valence-corrected chi connectivity index (χ2v) is 8.79. The van der Waals surface area contributed by atoms with Gasteiger partial charge >= 0.3 is 5.97 Å². The maximum Gasteiger partial charge on any atom is 0.326 e. The van der Waals surface area contributed by atoms with E-state index in [1.165, 1.54) is 6.07 Å². The minimum absolute atomic E-state index is 0.203. The molecule has 0 unspecified atom stereocenters. The Morgan fingerprint density at radius 1 is 1.11 bits per heavy atom. The van der Waals surface area contributed by atoms with E-state index in [-0.39, 0.29) is 18.0 Å². The molecule has 1 amide bonds. The number of rotatable bonds is 8. The lowest BCUT2D eigenvalue weighted by Gasteiger charge is -2.20. The highest BCUT2D eigenvalue weighted by Gasteiger charge is 2.25. The first-order chi connectivity index (χ1) is 17.3. The van der Waals surface area contributed by atoms with Crippen LogP contribution in [0.15, 0.2) is 45.6 Å². The van der Waals surface area contributed by atoms with Gasteiger partial charge in [-0.3, -0.25) is 9.59 Å². The third kappa shape index (κ3) is 5.30. The number of benzene rings is 2. The van der Waals surface area contributed by atoms with Gasteiger partial charge < -0.3 is 29.1 Å². The standard InChI is InChI=1S/C27H29NO8/c1-4-15(2)25(27(31)32)28-23(29)14-35-18-7-8-19-21(13-18)36-16(3)24(26(19)30)17-6-9-20-22(12-17)34-11-5-10-33-20/h6-9,12-13,15,25H,4-5,10-11,14H2,1-3H3,(H,28,29)(H,31,32)/t15-,25-/m0/s1. The van der Waals surface area contributed by atoms with Crippen LogP contribution in [0.25, 0.3) is 22.1 Å². The van der Waals surface area contributed by atoms with Crippen LogP contribution in [0.1, 0.15) is 32.4 Å². The number of hydrogen-bond acceptors (Lipinski definition) is 7. The summed E-state index contributed by atoms with van der Waals surface area (Å²) in [5.74, 6) is 0.106. The van der Waals surface area contributed by atoms with Crippen molar-refractivity contribution >= 4 is 22.8 Å². The summed E-state index contributed by atoms with van der Waals surface area (Å²) in [6.45, 7) is 6.07. The molecule has 2 N–H and O–H groups in total. The van der Waals surface area contributed by atoms with E-state index in [9.17, 15) is 19.5 Å². The predicted molar refractivity (Wildman–Crippen MR) is 133 cm³/mol. The Bertz CT molecular complexity index is 1350. The second-order valence-electron chi connectivity index (χ2n) is 8.79. The molecule has 9 heteroatoms. The van der Waals surface area contributed by atoms with Crippen LogP contribution in [-0.4, -0.2) is 42.8 Å². The molecule has 2 aromatic carbocycles. The van der Waals surface area contributed by atoms with E-state index in [4.69, 9.17) is 18.6 Å². The summed E-state index contributed by atoms with van der Waals surface area (Å²) in [4.78, 5) is 37.0. The van der Waals surface area contributed by atoms with Crippen molar-refractivity contribution in [2.45, 2.75) is 39.7 Å². The van der Waals surface area contributed by atoms with Crippen molar-refractivity contribution < 1.29 is 33.3 Å². The van der Waals surface area contributed by atoms with Crippen LogP contribution in [0.3, 0.4) is 0 Å². The zero-order valence-corrected chi connectivity index (χ0v) is 20.5. The number of carboxylic acids is 1. The molecule has 2 heterocycles. The van der Waals surface area contributed by atoms with Crippen molar-refractivity contribution in [3.63, 3.8) is 0 Å². The number of fused-ring (bicyclic) bond motifs is 2. The number of carboxylic acid groups (broad SMARTS) is 1. The van der Waals surface area contributed by atoms with Crippen LogP contribution < -0.4 is 25.0 Å². The first-order valence-electron chi connectivity index (χ1n) is 11.9. The smallest absolute Gasteiger partial charge is 0.326 e. The number of carbonyl (C=O) groups is 2. The van der Waals surface area contributed by atoms with Gasteiger partial charge in [-0.05, 0) is 42.7 Å². The number of ether oxygens (including phenoxy) is 3. The number of carbonyl (C=O) groups excluding carboxylic acids is 1. The molecule has 0 saturated carbocycles. The topological polar surface area (TPSA) is 124 Å². The summed E-state index contributed by atoms with van der Waals surface area (Å²) >= 11 is 0. The molecule has 0 aliphatic carbocycles. The second kappa shape index (κ2) is 10.7. The lowest BCUT2D eigenvalue weighted by Crippen LogP contribution is -2.46. The van der Waals surface area contributed by atoms with Crippen molar-refractivity contribution in [1.82, 2.24) is 5.32 Å². The molecule has 36 heavy (non-hydrogen) atoms. The molecule has 4 rings (SSSR count). The van der Waals surface area contributed by atoms with Gasteiger partial charge in [0.15, 0.2) is 18.1 Å². The Balaban J connectivity index is 1.54. The van der Waals surface area contributed by atoms with Gasteiger partial charge in [0.05, 0.1) is 24.2 Å². The van der Waals surface area contributed by atoms with Crippen LogP contribution >= 0.6 is 0 Å². The van der Waals surface area contributed by atoms with E-state index in [2.05, 4.69) is 5.32 Å². The lowest BCUT2D eigenvalue weighted by molar-refractivity contribution is -0.143. The van der Waals surface area contributed by atoms with E-state index in [0.29, 0.717) is 64.7 Å². The summed E-state index contributed by atoms with van der Waals surface area (Å²) in [6.07, 6.45) is 1.39. The van der Waals surface area contributed by atoms with Gasteiger partial charge in [0.1, 0.15) is 23.1 Å². The molecule has 9 nitrogen and oxygen atoms in total.